The number of carbonyl (C=O) groups excluding carboxylic acids is 3. The third-order valence-corrected chi connectivity index (χ3v) is 8.16. The number of benzene rings is 1. The molecular weight excluding hydrogens is 546 g/mol. The van der Waals surface area contributed by atoms with Gasteiger partial charge in [-0.3, -0.25) is 24.3 Å². The number of likely N-dealkylation sites (N-methyl/N-ethyl adjacent to an activating group) is 1. The first-order valence-electron chi connectivity index (χ1n) is 13.5. The number of nitrogens with one attached hydrogen (secondary N) is 1. The number of ketones is 2. The molecule has 1 aromatic rings. The van der Waals surface area contributed by atoms with Gasteiger partial charge in [-0.25, -0.2) is 0 Å². The topological polar surface area (TPSA) is 224 Å². The number of anilines is 2. The maximum absolute atomic E-state index is 14.2. The van der Waals surface area contributed by atoms with E-state index in [-0.39, 0.29) is 41.5 Å². The maximum Gasteiger partial charge on any atom is 0.255 e. The summed E-state index contributed by atoms with van der Waals surface area (Å²) in [6.07, 6.45) is 0.116. The van der Waals surface area contributed by atoms with Crippen molar-refractivity contribution in [3.63, 3.8) is 0 Å². The SMILES string of the molecule is CC(C)CN=C(N)Nc1cc(N(C)C)c2c(c1O)C(=O)C1=C(N=O)[C@]3(O)C(O)=C(C(N)=O)C(=O)[C@@H](N(C)C)[C@@H]3C[C@@H]1C2. The molecule has 1 amide bonds. The molecule has 3 aliphatic rings. The Morgan fingerprint density at radius 3 is 2.36 bits per heavy atom. The summed E-state index contributed by atoms with van der Waals surface area (Å²) in [4.78, 5) is 59.6. The van der Waals surface area contributed by atoms with Crippen LogP contribution in [0.25, 0.3) is 0 Å². The molecule has 14 nitrogen and oxygen atoms in total. The number of rotatable bonds is 7. The summed E-state index contributed by atoms with van der Waals surface area (Å²) in [5.74, 6) is -6.08. The van der Waals surface area contributed by atoms with Gasteiger partial charge in [0.15, 0.2) is 28.9 Å². The van der Waals surface area contributed by atoms with Crippen LogP contribution in [0.15, 0.2) is 38.8 Å². The Bertz CT molecular complexity index is 1480. The highest BCUT2D eigenvalue weighted by Crippen LogP contribution is 2.55. The molecule has 0 heterocycles. The van der Waals surface area contributed by atoms with Crippen LogP contribution in [-0.4, -0.2) is 90.0 Å². The molecule has 0 spiro atoms. The zero-order chi connectivity index (χ0) is 31.4. The minimum absolute atomic E-state index is 0.0183. The minimum Gasteiger partial charge on any atom is -0.508 e. The fraction of sp³-hybridized carbons (Fsp3) is 0.500. The predicted octanol–water partition coefficient (Wildman–Crippen LogP) is 0.778. The molecule has 0 fully saturated rings. The van der Waals surface area contributed by atoms with Gasteiger partial charge in [-0.05, 0) is 55.6 Å². The highest BCUT2D eigenvalue weighted by Gasteiger charge is 2.62. The molecule has 0 saturated carbocycles. The van der Waals surface area contributed by atoms with Crippen molar-refractivity contribution in [1.29, 1.82) is 0 Å². The molecule has 0 bridgehead atoms. The number of nitrogens with zero attached hydrogens (tertiary/aromatic N) is 4. The number of hydrogen-bond donors (Lipinski definition) is 6. The number of phenols is 1. The molecule has 0 unspecified atom stereocenters. The second-order valence-corrected chi connectivity index (χ2v) is 11.8. The summed E-state index contributed by atoms with van der Waals surface area (Å²) in [6.45, 7) is 4.35. The average Bonchev–Trinajstić information content (AvgIpc) is 2.88. The van der Waals surface area contributed by atoms with E-state index in [1.807, 2.05) is 13.8 Å². The fourth-order valence-electron chi connectivity index (χ4n) is 6.36. The Balaban J connectivity index is 1.98. The van der Waals surface area contributed by atoms with E-state index in [2.05, 4.69) is 15.5 Å². The van der Waals surface area contributed by atoms with E-state index in [4.69, 9.17) is 11.5 Å². The maximum atomic E-state index is 14.2. The average molecular weight is 584 g/mol. The Morgan fingerprint density at radius 1 is 1.19 bits per heavy atom. The first-order chi connectivity index (χ1) is 19.6. The second kappa shape index (κ2) is 10.8. The fourth-order valence-corrected chi connectivity index (χ4v) is 6.36. The molecule has 0 aliphatic heterocycles. The lowest BCUT2D eigenvalue weighted by atomic mass is 9.58. The van der Waals surface area contributed by atoms with Gasteiger partial charge in [-0.1, -0.05) is 13.8 Å². The van der Waals surface area contributed by atoms with E-state index in [1.165, 1.54) is 4.90 Å². The largest absolute Gasteiger partial charge is 0.508 e. The molecule has 0 saturated heterocycles. The number of fused-ring (bicyclic) bond motifs is 3. The predicted molar refractivity (Wildman–Crippen MR) is 156 cm³/mol. The van der Waals surface area contributed by atoms with Crippen molar-refractivity contribution in [2.75, 3.05) is 45.0 Å². The molecule has 1 aromatic carbocycles. The van der Waals surface area contributed by atoms with Gasteiger partial charge in [-0.2, -0.15) is 0 Å². The molecule has 0 radical (unpaired) electrons. The van der Waals surface area contributed by atoms with Crippen LogP contribution in [-0.2, 0) is 16.0 Å². The molecule has 3 aliphatic carbocycles. The Morgan fingerprint density at radius 2 is 1.83 bits per heavy atom. The zero-order valence-electron chi connectivity index (χ0n) is 24.4. The lowest BCUT2D eigenvalue weighted by Crippen LogP contribution is -2.62. The van der Waals surface area contributed by atoms with Crippen molar-refractivity contribution in [2.45, 2.75) is 38.3 Å². The highest BCUT2D eigenvalue weighted by atomic mass is 16.3. The lowest BCUT2D eigenvalue weighted by molar-refractivity contribution is -0.134. The molecule has 8 N–H and O–H groups in total. The number of amides is 1. The van der Waals surface area contributed by atoms with Crippen molar-refractivity contribution in [1.82, 2.24) is 4.90 Å². The smallest absolute Gasteiger partial charge is 0.255 e. The first-order valence-corrected chi connectivity index (χ1v) is 13.5. The normalized spacial score (nSPS) is 25.8. The molecule has 226 valence electrons. The summed E-state index contributed by atoms with van der Waals surface area (Å²) in [5, 5.41) is 40.2. The van der Waals surface area contributed by atoms with E-state index in [0.717, 1.165) is 0 Å². The van der Waals surface area contributed by atoms with Gasteiger partial charge >= 0.3 is 0 Å². The van der Waals surface area contributed by atoms with Gasteiger partial charge in [0.1, 0.15) is 17.0 Å². The summed E-state index contributed by atoms with van der Waals surface area (Å²) in [7, 11) is 6.62. The number of aliphatic hydroxyl groups is 2. The van der Waals surface area contributed by atoms with Crippen molar-refractivity contribution in [3.8, 4) is 5.75 Å². The number of nitrogens with two attached hydrogens (primary N) is 2. The molecule has 4 rings (SSSR count). The van der Waals surface area contributed by atoms with E-state index in [1.54, 1.807) is 39.2 Å². The van der Waals surface area contributed by atoms with Gasteiger partial charge < -0.3 is 37.0 Å². The van der Waals surface area contributed by atoms with Crippen LogP contribution < -0.4 is 21.7 Å². The molecule has 14 heteroatoms. The number of Topliss-reactive ketones (excluding diaryl/α,β-unsaturated/α-hetero) is 2. The third-order valence-electron chi connectivity index (χ3n) is 8.16. The quantitative estimate of drug-likeness (QED) is 0.0864. The summed E-state index contributed by atoms with van der Waals surface area (Å²) >= 11 is 0. The van der Waals surface area contributed by atoms with E-state index < -0.39 is 63.7 Å². The number of aliphatic imine (C=N–C) groups is 1. The van der Waals surface area contributed by atoms with Gasteiger partial charge in [0.25, 0.3) is 5.91 Å². The number of primary amides is 1. The second-order valence-electron chi connectivity index (χ2n) is 11.8. The van der Waals surface area contributed by atoms with Crippen molar-refractivity contribution in [3.05, 3.63) is 44.7 Å². The van der Waals surface area contributed by atoms with Crippen molar-refractivity contribution in [2.24, 2.45) is 39.4 Å². The Labute approximate surface area is 242 Å². The highest BCUT2D eigenvalue weighted by molar-refractivity contribution is 6.22. The summed E-state index contributed by atoms with van der Waals surface area (Å²) in [5.41, 5.74) is 7.98. The van der Waals surface area contributed by atoms with Gasteiger partial charge in [0.2, 0.25) is 0 Å². The van der Waals surface area contributed by atoms with Crippen LogP contribution in [0, 0.1) is 22.7 Å². The zero-order valence-corrected chi connectivity index (χ0v) is 24.4. The number of guanidine groups is 1. The number of allylic oxidation sites excluding steroid dienone is 1. The van der Waals surface area contributed by atoms with Gasteiger partial charge in [0.05, 0.1) is 17.3 Å². The third kappa shape index (κ3) is 4.60. The van der Waals surface area contributed by atoms with E-state index in [0.29, 0.717) is 17.8 Å². The summed E-state index contributed by atoms with van der Waals surface area (Å²) < 4.78 is 0. The number of carbonyl (C=O) groups is 3. The van der Waals surface area contributed by atoms with Crippen LogP contribution in [0.4, 0.5) is 11.4 Å². The van der Waals surface area contributed by atoms with Crippen LogP contribution in [0.1, 0.15) is 36.2 Å². The van der Waals surface area contributed by atoms with E-state index in [9.17, 15) is 34.6 Å². The van der Waals surface area contributed by atoms with Crippen LogP contribution in [0.5, 0.6) is 5.75 Å². The molecule has 42 heavy (non-hydrogen) atoms. The number of nitroso groups, excluding NO2 is 1. The van der Waals surface area contributed by atoms with E-state index >= 15 is 0 Å². The number of aromatic hydroxyl groups is 1. The number of hydrogen-bond acceptors (Lipinski definition) is 11. The Kier molecular flexibility index (Phi) is 7.91. The van der Waals surface area contributed by atoms with Crippen molar-refractivity contribution >= 4 is 34.8 Å². The van der Waals surface area contributed by atoms with Crippen molar-refractivity contribution < 1.29 is 29.7 Å². The first kappa shape index (κ1) is 30.7. The van der Waals surface area contributed by atoms with Crippen LogP contribution in [0.2, 0.25) is 0 Å². The lowest BCUT2D eigenvalue weighted by Gasteiger charge is -2.50. The standard InChI is InChI=1S/C28H37N7O7/c1-11(2)10-31-27(30)32-15-9-16(34(3)4)13-7-12-8-14-20(35(5)6)23(38)19(26(29)40)25(39)28(14,41)24(33-42)17(12)22(37)18(13)21(15)36/h9,11-12,14,20,36,39,41H,7-8,10H2,1-6H3,(H2,29,40)(H3,30,31,32)/t12-,14-,20-,28-/m0/s1. The number of aliphatic hydroxyl groups excluding tert-OH is 1. The monoisotopic (exact) mass is 583 g/mol. The Hall–Kier alpha value is -4.30. The number of phenolic OH excluding ortho intramolecular Hbond substituents is 1. The summed E-state index contributed by atoms with van der Waals surface area (Å²) in [6, 6.07) is 0.469. The molecule has 4 atom stereocenters. The minimum atomic E-state index is -2.66. The van der Waals surface area contributed by atoms with Gasteiger partial charge in [-0.15, -0.1) is 4.91 Å². The van der Waals surface area contributed by atoms with Crippen LogP contribution in [0.3, 0.4) is 0 Å². The van der Waals surface area contributed by atoms with Crippen LogP contribution >= 0.6 is 0 Å². The molecule has 0 aromatic heterocycles. The van der Waals surface area contributed by atoms with Gasteiger partial charge in [0, 0.05) is 37.8 Å². The molecular formula is C28H37N7O7.